The van der Waals surface area contributed by atoms with Gasteiger partial charge in [0.15, 0.2) is 0 Å². The summed E-state index contributed by atoms with van der Waals surface area (Å²) in [5.74, 6) is -0.951. The van der Waals surface area contributed by atoms with Gasteiger partial charge in [-0.2, -0.15) is 0 Å². The number of aliphatic carboxylic acids is 1. The summed E-state index contributed by atoms with van der Waals surface area (Å²) in [4.78, 5) is 10.8. The summed E-state index contributed by atoms with van der Waals surface area (Å²) in [5, 5.41) is 8.89. The normalized spacial score (nSPS) is 12.7. The van der Waals surface area contributed by atoms with E-state index in [1.165, 1.54) is 0 Å². The van der Waals surface area contributed by atoms with Crippen LogP contribution in [0.4, 0.5) is 0 Å². The Morgan fingerprint density at radius 1 is 1.46 bits per heavy atom. The lowest BCUT2D eigenvalue weighted by Crippen LogP contribution is -2.19. The van der Waals surface area contributed by atoms with E-state index in [0.29, 0.717) is 6.54 Å². The smallest absolute Gasteiger partial charge is 0.308 e. The van der Waals surface area contributed by atoms with Crippen molar-refractivity contribution in [2.75, 3.05) is 0 Å². The van der Waals surface area contributed by atoms with Gasteiger partial charge in [0.25, 0.3) is 0 Å². The van der Waals surface area contributed by atoms with Gasteiger partial charge in [0.05, 0.1) is 5.92 Å². The fourth-order valence-electron chi connectivity index (χ4n) is 1.39. The van der Waals surface area contributed by atoms with Crippen molar-refractivity contribution in [3.05, 3.63) is 24.5 Å². The highest BCUT2D eigenvalue weighted by molar-refractivity contribution is 5.69. The SMILES string of the molecule is CCCC(Cn1cccc1)C(=O)O. The highest BCUT2D eigenvalue weighted by Crippen LogP contribution is 2.09. The predicted molar refractivity (Wildman–Crippen MR) is 50.5 cm³/mol. The van der Waals surface area contributed by atoms with Crippen LogP contribution in [0.5, 0.6) is 0 Å². The van der Waals surface area contributed by atoms with Crippen molar-refractivity contribution in [3.8, 4) is 0 Å². The predicted octanol–water partition coefficient (Wildman–Crippen LogP) is 1.99. The molecule has 0 spiro atoms. The Hall–Kier alpha value is -1.25. The monoisotopic (exact) mass is 181 g/mol. The van der Waals surface area contributed by atoms with Crippen molar-refractivity contribution in [2.24, 2.45) is 5.92 Å². The van der Waals surface area contributed by atoms with Gasteiger partial charge in [-0.15, -0.1) is 0 Å². The van der Waals surface area contributed by atoms with Gasteiger partial charge in [0.1, 0.15) is 0 Å². The number of carboxylic acids is 1. The maximum Gasteiger partial charge on any atom is 0.308 e. The van der Waals surface area contributed by atoms with Crippen molar-refractivity contribution < 1.29 is 9.90 Å². The highest BCUT2D eigenvalue weighted by Gasteiger charge is 2.15. The van der Waals surface area contributed by atoms with E-state index in [9.17, 15) is 4.79 Å². The van der Waals surface area contributed by atoms with E-state index >= 15 is 0 Å². The molecule has 13 heavy (non-hydrogen) atoms. The third-order valence-corrected chi connectivity index (χ3v) is 2.08. The van der Waals surface area contributed by atoms with Crippen LogP contribution in [-0.4, -0.2) is 15.6 Å². The molecule has 3 heteroatoms. The molecule has 0 aromatic carbocycles. The van der Waals surface area contributed by atoms with Crippen molar-refractivity contribution >= 4 is 5.97 Å². The van der Waals surface area contributed by atoms with Gasteiger partial charge in [0, 0.05) is 18.9 Å². The van der Waals surface area contributed by atoms with Crippen molar-refractivity contribution in [3.63, 3.8) is 0 Å². The number of carbonyl (C=O) groups is 1. The number of hydrogen-bond acceptors (Lipinski definition) is 1. The van der Waals surface area contributed by atoms with Crippen LogP contribution in [0, 0.1) is 5.92 Å². The highest BCUT2D eigenvalue weighted by atomic mass is 16.4. The molecule has 0 fully saturated rings. The van der Waals surface area contributed by atoms with Gasteiger partial charge in [0.2, 0.25) is 0 Å². The lowest BCUT2D eigenvalue weighted by Gasteiger charge is -2.11. The van der Waals surface area contributed by atoms with Crippen LogP contribution in [0.2, 0.25) is 0 Å². The number of aromatic nitrogens is 1. The van der Waals surface area contributed by atoms with Crippen LogP contribution in [-0.2, 0) is 11.3 Å². The second-order valence-corrected chi connectivity index (χ2v) is 3.20. The quantitative estimate of drug-likeness (QED) is 0.754. The van der Waals surface area contributed by atoms with Crippen molar-refractivity contribution in [1.29, 1.82) is 0 Å². The number of carboxylic acid groups (broad SMARTS) is 1. The Balaban J connectivity index is 2.52. The molecule has 0 aliphatic rings. The zero-order valence-corrected chi connectivity index (χ0v) is 7.81. The molecule has 0 radical (unpaired) electrons. The summed E-state index contributed by atoms with van der Waals surface area (Å²) in [5.41, 5.74) is 0. The van der Waals surface area contributed by atoms with Crippen LogP contribution < -0.4 is 0 Å². The van der Waals surface area contributed by atoms with Crippen LogP contribution in [0.25, 0.3) is 0 Å². The van der Waals surface area contributed by atoms with Crippen molar-refractivity contribution in [1.82, 2.24) is 4.57 Å². The first kappa shape index (κ1) is 9.84. The summed E-state index contributed by atoms with van der Waals surface area (Å²) in [7, 11) is 0. The molecule has 1 heterocycles. The zero-order chi connectivity index (χ0) is 9.68. The number of nitrogens with zero attached hydrogens (tertiary/aromatic N) is 1. The Morgan fingerprint density at radius 3 is 2.54 bits per heavy atom. The van der Waals surface area contributed by atoms with Crippen LogP contribution in [0.3, 0.4) is 0 Å². The van der Waals surface area contributed by atoms with Gasteiger partial charge in [-0.1, -0.05) is 13.3 Å². The summed E-state index contributed by atoms with van der Waals surface area (Å²) in [6, 6.07) is 3.82. The van der Waals surface area contributed by atoms with Crippen LogP contribution >= 0.6 is 0 Å². The fraction of sp³-hybridized carbons (Fsp3) is 0.500. The molecule has 72 valence electrons. The average Bonchev–Trinajstić information content (AvgIpc) is 2.56. The van der Waals surface area contributed by atoms with Gasteiger partial charge >= 0.3 is 5.97 Å². The largest absolute Gasteiger partial charge is 0.481 e. The number of rotatable bonds is 5. The first-order valence-corrected chi connectivity index (χ1v) is 4.57. The maximum atomic E-state index is 10.8. The molecule has 0 aliphatic heterocycles. The van der Waals surface area contributed by atoms with E-state index in [1.54, 1.807) is 0 Å². The van der Waals surface area contributed by atoms with E-state index in [4.69, 9.17) is 5.11 Å². The fourth-order valence-corrected chi connectivity index (χ4v) is 1.39. The summed E-state index contributed by atoms with van der Waals surface area (Å²) in [6.45, 7) is 2.59. The molecular weight excluding hydrogens is 166 g/mol. The van der Waals surface area contributed by atoms with E-state index in [-0.39, 0.29) is 5.92 Å². The first-order chi connectivity index (χ1) is 6.24. The first-order valence-electron chi connectivity index (χ1n) is 4.57. The Labute approximate surface area is 78.0 Å². The molecule has 0 amide bonds. The average molecular weight is 181 g/mol. The molecule has 0 bridgehead atoms. The van der Waals surface area contributed by atoms with E-state index in [2.05, 4.69) is 0 Å². The van der Waals surface area contributed by atoms with Crippen molar-refractivity contribution in [2.45, 2.75) is 26.3 Å². The minimum Gasteiger partial charge on any atom is -0.481 e. The molecule has 0 aliphatic carbocycles. The summed E-state index contributed by atoms with van der Waals surface area (Å²) in [6.07, 6.45) is 5.45. The molecule has 1 unspecified atom stereocenters. The minimum absolute atomic E-state index is 0.252. The number of hydrogen-bond donors (Lipinski definition) is 1. The molecular formula is C10H15NO2. The second-order valence-electron chi connectivity index (χ2n) is 3.20. The van der Waals surface area contributed by atoms with E-state index in [1.807, 2.05) is 36.0 Å². The Morgan fingerprint density at radius 2 is 2.08 bits per heavy atom. The third kappa shape index (κ3) is 2.93. The standard InChI is InChI=1S/C10H15NO2/c1-2-5-9(10(12)13)8-11-6-3-4-7-11/h3-4,6-7,9H,2,5,8H2,1H3,(H,12,13). The zero-order valence-electron chi connectivity index (χ0n) is 7.81. The molecule has 0 saturated heterocycles. The molecule has 1 N–H and O–H groups in total. The molecule has 3 nitrogen and oxygen atoms in total. The minimum atomic E-state index is -0.699. The van der Waals surface area contributed by atoms with Gasteiger partial charge in [-0.25, -0.2) is 0 Å². The second kappa shape index (κ2) is 4.70. The summed E-state index contributed by atoms with van der Waals surface area (Å²) >= 11 is 0. The topological polar surface area (TPSA) is 42.2 Å². The lowest BCUT2D eigenvalue weighted by atomic mass is 10.0. The van der Waals surface area contributed by atoms with Crippen LogP contribution in [0.1, 0.15) is 19.8 Å². The molecule has 0 saturated carbocycles. The molecule has 1 atom stereocenters. The van der Waals surface area contributed by atoms with Gasteiger partial charge in [-0.05, 0) is 18.6 Å². The maximum absolute atomic E-state index is 10.8. The molecule has 1 aromatic rings. The Kier molecular flexibility index (Phi) is 3.55. The molecule has 1 rings (SSSR count). The van der Waals surface area contributed by atoms with Gasteiger partial charge < -0.3 is 9.67 Å². The van der Waals surface area contributed by atoms with Gasteiger partial charge in [-0.3, -0.25) is 4.79 Å². The molecule has 1 aromatic heterocycles. The lowest BCUT2D eigenvalue weighted by molar-refractivity contribution is -0.142. The van der Waals surface area contributed by atoms with E-state index in [0.717, 1.165) is 12.8 Å². The summed E-state index contributed by atoms with van der Waals surface area (Å²) < 4.78 is 1.91. The third-order valence-electron chi connectivity index (χ3n) is 2.08. The Bertz CT molecular complexity index is 254. The van der Waals surface area contributed by atoms with E-state index < -0.39 is 5.97 Å². The van der Waals surface area contributed by atoms with Crippen LogP contribution in [0.15, 0.2) is 24.5 Å².